The highest BCUT2D eigenvalue weighted by atomic mass is 16.2. The lowest BCUT2D eigenvalue weighted by Gasteiger charge is -2.36. The molecule has 4 rings (SSSR count). The van der Waals surface area contributed by atoms with Gasteiger partial charge in [-0.05, 0) is 48.9 Å². The van der Waals surface area contributed by atoms with Crippen molar-refractivity contribution in [2.45, 2.75) is 64.2 Å². The predicted molar refractivity (Wildman–Crippen MR) is 97.4 cm³/mol. The molecule has 2 heterocycles. The first-order valence-corrected chi connectivity index (χ1v) is 9.38. The van der Waals surface area contributed by atoms with Gasteiger partial charge in [0.15, 0.2) is 0 Å². The number of amides is 1. The summed E-state index contributed by atoms with van der Waals surface area (Å²) >= 11 is 0. The molecule has 0 saturated heterocycles. The van der Waals surface area contributed by atoms with E-state index in [1.807, 2.05) is 0 Å². The molecule has 1 fully saturated rings. The van der Waals surface area contributed by atoms with Crippen LogP contribution >= 0.6 is 0 Å². The van der Waals surface area contributed by atoms with Crippen molar-refractivity contribution in [1.29, 1.82) is 0 Å². The van der Waals surface area contributed by atoms with E-state index in [2.05, 4.69) is 47.9 Å². The monoisotopic (exact) mass is 325 g/mol. The third-order valence-corrected chi connectivity index (χ3v) is 6.69. The Morgan fingerprint density at radius 2 is 1.92 bits per heavy atom. The van der Waals surface area contributed by atoms with Gasteiger partial charge in [-0.1, -0.05) is 32.8 Å². The van der Waals surface area contributed by atoms with Gasteiger partial charge in [-0.2, -0.15) is 5.10 Å². The molecule has 128 valence electrons. The maximum Gasteiger partial charge on any atom is 0.241 e. The first-order chi connectivity index (χ1) is 11.6. The van der Waals surface area contributed by atoms with Crippen LogP contribution in [0, 0.1) is 5.41 Å². The Balaban J connectivity index is 1.79. The molecule has 0 aromatic heterocycles. The number of hydrogen-bond acceptors (Lipinski definition) is 3. The van der Waals surface area contributed by atoms with Crippen molar-refractivity contribution >= 4 is 17.3 Å². The average molecular weight is 325 g/mol. The second kappa shape index (κ2) is 5.61. The fourth-order valence-corrected chi connectivity index (χ4v) is 5.02. The Kier molecular flexibility index (Phi) is 3.66. The van der Waals surface area contributed by atoms with E-state index >= 15 is 0 Å². The maximum absolute atomic E-state index is 11.9. The van der Waals surface area contributed by atoms with E-state index in [4.69, 9.17) is 0 Å². The topological polar surface area (TPSA) is 53.5 Å². The molecular formula is C20H27N3O. The third-order valence-electron chi connectivity index (χ3n) is 6.69. The molecule has 1 aromatic carbocycles. The molecule has 1 aliphatic carbocycles. The van der Waals surface area contributed by atoms with Gasteiger partial charge in [0.1, 0.15) is 0 Å². The van der Waals surface area contributed by atoms with E-state index in [-0.39, 0.29) is 11.3 Å². The van der Waals surface area contributed by atoms with Gasteiger partial charge in [0.2, 0.25) is 5.91 Å². The number of benzene rings is 1. The van der Waals surface area contributed by atoms with Gasteiger partial charge in [-0.3, -0.25) is 4.79 Å². The molecule has 1 amide bonds. The Hall–Kier alpha value is -1.84. The highest BCUT2D eigenvalue weighted by molar-refractivity contribution is 6.08. The van der Waals surface area contributed by atoms with E-state index in [1.54, 1.807) is 0 Å². The molecule has 4 nitrogen and oxygen atoms in total. The minimum Gasteiger partial charge on any atom is -0.384 e. The number of anilines is 1. The van der Waals surface area contributed by atoms with E-state index < -0.39 is 0 Å². The summed E-state index contributed by atoms with van der Waals surface area (Å²) in [6.45, 7) is 5.41. The molecule has 3 aliphatic rings. The Labute approximate surface area is 144 Å². The van der Waals surface area contributed by atoms with Crippen LogP contribution in [0.3, 0.4) is 0 Å². The molecule has 0 atom stereocenters. The van der Waals surface area contributed by atoms with Crippen molar-refractivity contribution in [3.63, 3.8) is 0 Å². The van der Waals surface area contributed by atoms with Crippen LogP contribution in [0.25, 0.3) is 0 Å². The summed E-state index contributed by atoms with van der Waals surface area (Å²) in [4.78, 5) is 11.9. The molecular weight excluding hydrogens is 298 g/mol. The van der Waals surface area contributed by atoms with Crippen LogP contribution in [0.1, 0.15) is 69.9 Å². The number of hydrazone groups is 1. The largest absolute Gasteiger partial charge is 0.384 e. The standard InChI is InChI=1S/C20H27N3O/c1-3-19(4-2)12-17(24)22-23-18(19)14-7-8-16-15(11-14)20(13-21-16)9-5-6-10-20/h7-8,11,21H,3-6,9-10,12-13H2,1-2H3,(H,22,24). The second-order valence-corrected chi connectivity index (χ2v) is 7.76. The Bertz CT molecular complexity index is 697. The van der Waals surface area contributed by atoms with Crippen molar-refractivity contribution < 1.29 is 4.79 Å². The molecule has 1 saturated carbocycles. The zero-order chi connectivity index (χ0) is 16.8. The van der Waals surface area contributed by atoms with Crippen molar-refractivity contribution in [1.82, 2.24) is 5.43 Å². The molecule has 2 N–H and O–H groups in total. The SMILES string of the molecule is CCC1(CC)CC(=O)NN=C1c1ccc2c(c1)C1(CCCC1)CN2. The van der Waals surface area contributed by atoms with Crippen molar-refractivity contribution in [3.8, 4) is 0 Å². The third kappa shape index (κ3) is 2.19. The van der Waals surface area contributed by atoms with E-state index in [9.17, 15) is 4.79 Å². The zero-order valence-corrected chi connectivity index (χ0v) is 14.7. The molecule has 0 bridgehead atoms. The van der Waals surface area contributed by atoms with Crippen molar-refractivity contribution in [2.24, 2.45) is 10.5 Å². The Morgan fingerprint density at radius 3 is 2.62 bits per heavy atom. The molecule has 4 heteroatoms. The number of fused-ring (bicyclic) bond motifs is 2. The van der Waals surface area contributed by atoms with Crippen LogP contribution < -0.4 is 10.7 Å². The minimum atomic E-state index is -0.133. The van der Waals surface area contributed by atoms with E-state index in [0.29, 0.717) is 11.8 Å². The van der Waals surface area contributed by atoms with Gasteiger partial charge in [-0.25, -0.2) is 5.43 Å². The predicted octanol–water partition coefficient (Wildman–Crippen LogP) is 3.95. The van der Waals surface area contributed by atoms with Gasteiger partial charge < -0.3 is 5.32 Å². The lowest BCUT2D eigenvalue weighted by Crippen LogP contribution is -2.42. The van der Waals surface area contributed by atoms with Crippen LogP contribution in [-0.2, 0) is 10.2 Å². The summed E-state index contributed by atoms with van der Waals surface area (Å²) in [6, 6.07) is 6.75. The minimum absolute atomic E-state index is 0.0394. The first kappa shape index (κ1) is 15.7. The fraction of sp³-hybridized carbons (Fsp3) is 0.600. The molecule has 1 aromatic rings. The quantitative estimate of drug-likeness (QED) is 0.884. The normalized spacial score (nSPS) is 23.6. The van der Waals surface area contributed by atoms with Crippen LogP contribution in [-0.4, -0.2) is 18.2 Å². The number of rotatable bonds is 3. The van der Waals surface area contributed by atoms with Crippen LogP contribution in [0.4, 0.5) is 5.69 Å². The fourth-order valence-electron chi connectivity index (χ4n) is 5.02. The van der Waals surface area contributed by atoms with Crippen LogP contribution in [0.15, 0.2) is 23.3 Å². The van der Waals surface area contributed by atoms with Crippen LogP contribution in [0.2, 0.25) is 0 Å². The maximum atomic E-state index is 11.9. The van der Waals surface area contributed by atoms with Crippen molar-refractivity contribution in [2.75, 3.05) is 11.9 Å². The molecule has 24 heavy (non-hydrogen) atoms. The lowest BCUT2D eigenvalue weighted by molar-refractivity contribution is -0.123. The summed E-state index contributed by atoms with van der Waals surface area (Å²) in [5.74, 6) is 0.0394. The van der Waals surface area contributed by atoms with E-state index in [1.165, 1.54) is 42.5 Å². The van der Waals surface area contributed by atoms with E-state index in [0.717, 1.165) is 25.1 Å². The summed E-state index contributed by atoms with van der Waals surface area (Å²) < 4.78 is 0. The molecule has 0 unspecified atom stereocenters. The smallest absolute Gasteiger partial charge is 0.241 e. The summed E-state index contributed by atoms with van der Waals surface area (Å²) in [5.41, 5.74) is 7.92. The average Bonchev–Trinajstić information content (AvgIpc) is 3.23. The van der Waals surface area contributed by atoms with Gasteiger partial charge >= 0.3 is 0 Å². The van der Waals surface area contributed by atoms with Gasteiger partial charge in [0.05, 0.1) is 5.71 Å². The highest BCUT2D eigenvalue weighted by Crippen LogP contribution is 2.49. The number of carbonyl (C=O) groups is 1. The molecule has 2 aliphatic heterocycles. The molecule has 0 radical (unpaired) electrons. The van der Waals surface area contributed by atoms with Gasteiger partial charge in [0, 0.05) is 29.5 Å². The second-order valence-electron chi connectivity index (χ2n) is 7.76. The number of hydrogen-bond donors (Lipinski definition) is 2. The number of nitrogens with zero attached hydrogens (tertiary/aromatic N) is 1. The lowest BCUT2D eigenvalue weighted by atomic mass is 9.71. The van der Waals surface area contributed by atoms with Gasteiger partial charge in [0.25, 0.3) is 0 Å². The van der Waals surface area contributed by atoms with Gasteiger partial charge in [-0.15, -0.1) is 0 Å². The number of carbonyl (C=O) groups excluding carboxylic acids is 1. The summed E-state index contributed by atoms with van der Waals surface area (Å²) in [7, 11) is 0. The summed E-state index contributed by atoms with van der Waals surface area (Å²) in [6.07, 6.45) is 7.65. The van der Waals surface area contributed by atoms with Crippen molar-refractivity contribution in [3.05, 3.63) is 29.3 Å². The van der Waals surface area contributed by atoms with Crippen LogP contribution in [0.5, 0.6) is 0 Å². The zero-order valence-electron chi connectivity index (χ0n) is 14.7. The Morgan fingerprint density at radius 1 is 1.17 bits per heavy atom. The first-order valence-electron chi connectivity index (χ1n) is 9.38. The highest BCUT2D eigenvalue weighted by Gasteiger charge is 2.43. The summed E-state index contributed by atoms with van der Waals surface area (Å²) in [5, 5.41) is 8.12. The molecule has 1 spiro atoms. The number of nitrogens with one attached hydrogen (secondary N) is 2.